The summed E-state index contributed by atoms with van der Waals surface area (Å²) >= 11 is 0. The summed E-state index contributed by atoms with van der Waals surface area (Å²) in [6, 6.07) is 19.5. The van der Waals surface area contributed by atoms with Crippen molar-refractivity contribution in [2.45, 2.75) is 19.6 Å². The lowest BCUT2D eigenvalue weighted by Gasteiger charge is -2.15. The van der Waals surface area contributed by atoms with Crippen molar-refractivity contribution in [1.29, 1.82) is 0 Å². The molecule has 132 valence electrons. The number of para-hydroxylation sites is 1. The van der Waals surface area contributed by atoms with E-state index in [0.29, 0.717) is 12.1 Å². The highest BCUT2D eigenvalue weighted by Crippen LogP contribution is 2.27. The van der Waals surface area contributed by atoms with Crippen LogP contribution in [0.4, 0.5) is 4.39 Å². The Morgan fingerprint density at radius 3 is 2.70 bits per heavy atom. The third-order valence-electron chi connectivity index (χ3n) is 5.12. The molecular weight excluding hydrogens is 337 g/mol. The van der Waals surface area contributed by atoms with Crippen LogP contribution in [0.5, 0.6) is 0 Å². The summed E-state index contributed by atoms with van der Waals surface area (Å²) < 4.78 is 14.8. The second-order valence-electron chi connectivity index (χ2n) is 6.98. The molecule has 0 atom stereocenters. The number of hydrogen-bond acceptors (Lipinski definition) is 3. The molecule has 1 aliphatic heterocycles. The number of nitrogens with zero attached hydrogens (tertiary/aromatic N) is 3. The van der Waals surface area contributed by atoms with Crippen LogP contribution < -0.4 is 0 Å². The van der Waals surface area contributed by atoms with E-state index < -0.39 is 0 Å². The zero-order chi connectivity index (χ0) is 18.2. The van der Waals surface area contributed by atoms with Crippen LogP contribution in [-0.2, 0) is 19.6 Å². The molecule has 0 spiro atoms. The Labute approximate surface area is 157 Å². The lowest BCUT2D eigenvalue weighted by atomic mass is 10.0. The minimum absolute atomic E-state index is 0.176. The molecule has 0 unspecified atom stereocenters. The van der Waals surface area contributed by atoms with Gasteiger partial charge in [0.05, 0.1) is 11.2 Å². The maximum absolute atomic E-state index is 14.8. The van der Waals surface area contributed by atoms with Gasteiger partial charge in [-0.05, 0) is 35.4 Å². The molecule has 27 heavy (non-hydrogen) atoms. The SMILES string of the molecule is Fc1cc(-c2cnc3ccccc3c2)ccc1CN1Cc2cccnc2C1. The second-order valence-corrected chi connectivity index (χ2v) is 6.98. The minimum atomic E-state index is -0.176. The highest BCUT2D eigenvalue weighted by atomic mass is 19.1. The first kappa shape index (κ1) is 16.1. The van der Waals surface area contributed by atoms with Crippen LogP contribution in [0.3, 0.4) is 0 Å². The lowest BCUT2D eigenvalue weighted by Crippen LogP contribution is -2.16. The van der Waals surface area contributed by atoms with Crippen LogP contribution in [-0.4, -0.2) is 14.9 Å². The molecule has 0 N–H and O–H groups in total. The first-order chi connectivity index (χ1) is 13.3. The van der Waals surface area contributed by atoms with Crippen molar-refractivity contribution < 1.29 is 4.39 Å². The van der Waals surface area contributed by atoms with E-state index >= 15 is 0 Å². The molecule has 0 saturated heterocycles. The normalized spacial score (nSPS) is 13.8. The summed E-state index contributed by atoms with van der Waals surface area (Å²) in [4.78, 5) is 11.1. The topological polar surface area (TPSA) is 29.0 Å². The van der Waals surface area contributed by atoms with Crippen LogP contribution in [0.25, 0.3) is 22.0 Å². The minimum Gasteiger partial charge on any atom is -0.289 e. The number of hydrogen-bond donors (Lipinski definition) is 0. The molecule has 3 heterocycles. The summed E-state index contributed by atoms with van der Waals surface area (Å²) in [6.07, 6.45) is 3.62. The highest BCUT2D eigenvalue weighted by molar-refractivity contribution is 5.83. The summed E-state index contributed by atoms with van der Waals surface area (Å²) in [5.41, 5.74) is 5.76. The number of aromatic nitrogens is 2. The Morgan fingerprint density at radius 2 is 1.81 bits per heavy atom. The molecule has 0 aliphatic carbocycles. The Hall–Kier alpha value is -3.11. The lowest BCUT2D eigenvalue weighted by molar-refractivity contribution is 0.270. The van der Waals surface area contributed by atoms with Crippen LogP contribution >= 0.6 is 0 Å². The molecule has 4 heteroatoms. The Balaban J connectivity index is 1.39. The molecular formula is C23H18FN3. The van der Waals surface area contributed by atoms with Crippen LogP contribution in [0, 0.1) is 5.82 Å². The Morgan fingerprint density at radius 1 is 0.889 bits per heavy atom. The predicted octanol–water partition coefficient (Wildman–Crippen LogP) is 4.95. The molecule has 0 saturated carbocycles. The van der Waals surface area contributed by atoms with Crippen molar-refractivity contribution >= 4 is 10.9 Å². The molecule has 0 amide bonds. The monoisotopic (exact) mass is 355 g/mol. The quantitative estimate of drug-likeness (QED) is 0.521. The summed E-state index contributed by atoms with van der Waals surface area (Å²) in [6.45, 7) is 2.17. The van der Waals surface area contributed by atoms with Gasteiger partial charge < -0.3 is 0 Å². The first-order valence-electron chi connectivity index (χ1n) is 9.05. The standard InChI is InChI=1S/C23H18FN3/c24-21-11-16(20-10-17-4-1-2-6-22(17)26-12-20)7-8-18(21)13-27-14-19-5-3-9-25-23(19)15-27/h1-12H,13-15H2. The molecule has 0 radical (unpaired) electrons. The van der Waals surface area contributed by atoms with Gasteiger partial charge in [-0.25, -0.2) is 4.39 Å². The molecule has 3 nitrogen and oxygen atoms in total. The summed E-state index contributed by atoms with van der Waals surface area (Å²) in [5.74, 6) is -0.176. The fraction of sp³-hybridized carbons (Fsp3) is 0.130. The van der Waals surface area contributed by atoms with E-state index in [4.69, 9.17) is 0 Å². The van der Waals surface area contributed by atoms with E-state index in [9.17, 15) is 4.39 Å². The maximum Gasteiger partial charge on any atom is 0.128 e. The number of pyridine rings is 2. The fourth-order valence-corrected chi connectivity index (χ4v) is 3.70. The van der Waals surface area contributed by atoms with E-state index in [1.807, 2.05) is 48.7 Å². The van der Waals surface area contributed by atoms with Crippen LogP contribution in [0.15, 0.2) is 73.1 Å². The second kappa shape index (κ2) is 6.56. The maximum atomic E-state index is 14.8. The van der Waals surface area contributed by atoms with Crippen molar-refractivity contribution in [3.63, 3.8) is 0 Å². The molecule has 5 rings (SSSR count). The van der Waals surface area contributed by atoms with E-state index in [-0.39, 0.29) is 5.82 Å². The smallest absolute Gasteiger partial charge is 0.128 e. The van der Waals surface area contributed by atoms with E-state index in [2.05, 4.69) is 27.0 Å². The van der Waals surface area contributed by atoms with Gasteiger partial charge in [0.2, 0.25) is 0 Å². The summed E-state index contributed by atoms with van der Waals surface area (Å²) in [7, 11) is 0. The number of halogens is 1. The molecule has 0 bridgehead atoms. The van der Waals surface area contributed by atoms with Crippen molar-refractivity contribution in [2.75, 3.05) is 0 Å². The van der Waals surface area contributed by atoms with Crippen LogP contribution in [0.2, 0.25) is 0 Å². The largest absolute Gasteiger partial charge is 0.289 e. The highest BCUT2D eigenvalue weighted by Gasteiger charge is 2.20. The Kier molecular flexibility index (Phi) is 3.91. The van der Waals surface area contributed by atoms with Crippen LogP contribution in [0.1, 0.15) is 16.8 Å². The third kappa shape index (κ3) is 3.09. The number of benzene rings is 2. The van der Waals surface area contributed by atoms with Crippen molar-refractivity contribution in [3.8, 4) is 11.1 Å². The third-order valence-corrected chi connectivity index (χ3v) is 5.12. The van der Waals surface area contributed by atoms with E-state index in [0.717, 1.165) is 40.8 Å². The van der Waals surface area contributed by atoms with E-state index in [1.54, 1.807) is 12.3 Å². The molecule has 2 aromatic heterocycles. The predicted molar refractivity (Wildman–Crippen MR) is 104 cm³/mol. The average molecular weight is 355 g/mol. The van der Waals surface area contributed by atoms with Gasteiger partial charge in [-0.1, -0.05) is 36.4 Å². The van der Waals surface area contributed by atoms with Gasteiger partial charge in [-0.3, -0.25) is 14.9 Å². The van der Waals surface area contributed by atoms with Gasteiger partial charge in [-0.2, -0.15) is 0 Å². The molecule has 1 aliphatic rings. The van der Waals surface area contributed by atoms with Gasteiger partial charge in [0.25, 0.3) is 0 Å². The van der Waals surface area contributed by atoms with E-state index in [1.165, 1.54) is 5.56 Å². The molecule has 4 aromatic rings. The average Bonchev–Trinajstić information content (AvgIpc) is 3.11. The van der Waals surface area contributed by atoms with Gasteiger partial charge >= 0.3 is 0 Å². The Bertz CT molecular complexity index is 1110. The van der Waals surface area contributed by atoms with Gasteiger partial charge in [0.1, 0.15) is 5.82 Å². The number of rotatable bonds is 3. The number of fused-ring (bicyclic) bond motifs is 2. The van der Waals surface area contributed by atoms with Crippen molar-refractivity contribution in [1.82, 2.24) is 14.9 Å². The fourth-order valence-electron chi connectivity index (χ4n) is 3.70. The zero-order valence-electron chi connectivity index (χ0n) is 14.8. The van der Waals surface area contributed by atoms with Gasteiger partial charge in [0, 0.05) is 48.5 Å². The summed E-state index contributed by atoms with van der Waals surface area (Å²) in [5, 5.41) is 1.06. The first-order valence-corrected chi connectivity index (χ1v) is 9.05. The van der Waals surface area contributed by atoms with Crippen molar-refractivity contribution in [2.24, 2.45) is 0 Å². The molecule has 2 aromatic carbocycles. The van der Waals surface area contributed by atoms with Gasteiger partial charge in [-0.15, -0.1) is 0 Å². The molecule has 0 fully saturated rings. The zero-order valence-corrected chi connectivity index (χ0v) is 14.8. The van der Waals surface area contributed by atoms with Gasteiger partial charge in [0.15, 0.2) is 0 Å². The van der Waals surface area contributed by atoms with Crippen molar-refractivity contribution in [3.05, 3.63) is 95.7 Å².